The summed E-state index contributed by atoms with van der Waals surface area (Å²) < 4.78 is 11.5. The Balaban J connectivity index is 1.96. The van der Waals surface area contributed by atoms with Crippen molar-refractivity contribution in [2.24, 2.45) is 5.16 Å². The summed E-state index contributed by atoms with van der Waals surface area (Å²) in [4.78, 5) is 5.29. The van der Waals surface area contributed by atoms with Crippen LogP contribution in [-0.4, -0.2) is 20.4 Å². The molecule has 110 valence electrons. The zero-order chi connectivity index (χ0) is 15.1. The lowest BCUT2D eigenvalue weighted by Gasteiger charge is -2.06. The third-order valence-electron chi connectivity index (χ3n) is 2.85. The molecule has 5 heteroatoms. The van der Waals surface area contributed by atoms with Crippen LogP contribution in [0.5, 0.6) is 11.5 Å². The van der Waals surface area contributed by atoms with Crippen LogP contribution in [0.3, 0.4) is 0 Å². The number of hydrogen-bond donors (Lipinski definition) is 0. The molecule has 0 saturated carbocycles. The summed E-state index contributed by atoms with van der Waals surface area (Å²) in [6.07, 6.45) is 1.62. The normalized spacial score (nSPS) is 10.6. The van der Waals surface area contributed by atoms with E-state index < -0.39 is 0 Å². The second-order valence-electron chi connectivity index (χ2n) is 4.24. The van der Waals surface area contributed by atoms with Gasteiger partial charge in [0, 0.05) is 16.1 Å². The van der Waals surface area contributed by atoms with E-state index in [0.29, 0.717) is 12.4 Å². The first-order valence-corrected chi connectivity index (χ1v) is 7.14. The van der Waals surface area contributed by atoms with Crippen molar-refractivity contribution in [1.29, 1.82) is 0 Å². The third-order valence-corrected chi connectivity index (χ3v) is 3.38. The lowest BCUT2D eigenvalue weighted by molar-refractivity contribution is 0.132. The highest BCUT2D eigenvalue weighted by Gasteiger charge is 2.02. The standard InChI is InChI=1S/C16H16BrNO3/c1-19-15-8-5-13(16(9-15)20-2)10-18-21-11-12-3-6-14(17)7-4-12/h3-10H,11H2,1-2H3. The average molecular weight is 350 g/mol. The molecule has 0 saturated heterocycles. The topological polar surface area (TPSA) is 40.0 Å². The minimum atomic E-state index is 0.419. The molecule has 0 aliphatic heterocycles. The molecular weight excluding hydrogens is 334 g/mol. The molecule has 4 nitrogen and oxygen atoms in total. The minimum absolute atomic E-state index is 0.419. The van der Waals surface area contributed by atoms with E-state index in [9.17, 15) is 0 Å². The first-order chi connectivity index (χ1) is 10.2. The molecule has 0 aliphatic rings. The third kappa shape index (κ3) is 4.49. The molecule has 0 radical (unpaired) electrons. The van der Waals surface area contributed by atoms with Gasteiger partial charge in [-0.3, -0.25) is 0 Å². The largest absolute Gasteiger partial charge is 0.497 e. The summed E-state index contributed by atoms with van der Waals surface area (Å²) in [5.74, 6) is 1.42. The summed E-state index contributed by atoms with van der Waals surface area (Å²) in [6, 6.07) is 13.4. The molecule has 2 aromatic rings. The Kier molecular flexibility index (Phi) is 5.63. The van der Waals surface area contributed by atoms with Gasteiger partial charge in [-0.15, -0.1) is 0 Å². The fourth-order valence-electron chi connectivity index (χ4n) is 1.71. The van der Waals surface area contributed by atoms with Crippen molar-refractivity contribution in [2.45, 2.75) is 6.61 Å². The van der Waals surface area contributed by atoms with E-state index in [1.807, 2.05) is 36.4 Å². The summed E-state index contributed by atoms with van der Waals surface area (Å²) in [5.41, 5.74) is 1.88. The molecule has 0 bridgehead atoms. The zero-order valence-corrected chi connectivity index (χ0v) is 13.5. The van der Waals surface area contributed by atoms with Gasteiger partial charge in [-0.1, -0.05) is 33.2 Å². The van der Waals surface area contributed by atoms with Crippen LogP contribution in [-0.2, 0) is 11.4 Å². The Morgan fingerprint density at radius 3 is 2.48 bits per heavy atom. The fourth-order valence-corrected chi connectivity index (χ4v) is 1.98. The Morgan fingerprint density at radius 2 is 1.81 bits per heavy atom. The van der Waals surface area contributed by atoms with Crippen LogP contribution in [0.15, 0.2) is 52.1 Å². The molecule has 0 atom stereocenters. The number of benzene rings is 2. The SMILES string of the molecule is COc1ccc(C=NOCc2ccc(Br)cc2)c(OC)c1. The number of nitrogens with zero attached hydrogens (tertiary/aromatic N) is 1. The Hall–Kier alpha value is -2.01. The average Bonchev–Trinajstić information content (AvgIpc) is 2.53. The quantitative estimate of drug-likeness (QED) is 0.584. The van der Waals surface area contributed by atoms with Crippen molar-refractivity contribution in [3.8, 4) is 11.5 Å². The molecule has 0 fully saturated rings. The highest BCUT2D eigenvalue weighted by molar-refractivity contribution is 9.10. The molecule has 2 rings (SSSR count). The second-order valence-corrected chi connectivity index (χ2v) is 5.16. The molecule has 0 unspecified atom stereocenters. The smallest absolute Gasteiger partial charge is 0.142 e. The van der Waals surface area contributed by atoms with Crippen LogP contribution >= 0.6 is 15.9 Å². The minimum Gasteiger partial charge on any atom is -0.497 e. The van der Waals surface area contributed by atoms with Gasteiger partial charge in [0.25, 0.3) is 0 Å². The maximum atomic E-state index is 5.29. The van der Waals surface area contributed by atoms with Gasteiger partial charge in [0.05, 0.1) is 20.4 Å². The number of ether oxygens (including phenoxy) is 2. The highest BCUT2D eigenvalue weighted by Crippen LogP contribution is 2.23. The van der Waals surface area contributed by atoms with Gasteiger partial charge < -0.3 is 14.3 Å². The van der Waals surface area contributed by atoms with Gasteiger partial charge in [0.15, 0.2) is 0 Å². The van der Waals surface area contributed by atoms with Gasteiger partial charge in [0.1, 0.15) is 18.1 Å². The predicted octanol–water partition coefficient (Wildman–Crippen LogP) is 4.02. The number of methoxy groups -OCH3 is 2. The molecule has 0 heterocycles. The lowest BCUT2D eigenvalue weighted by atomic mass is 10.2. The van der Waals surface area contributed by atoms with Crippen LogP contribution in [0.1, 0.15) is 11.1 Å². The summed E-state index contributed by atoms with van der Waals surface area (Å²) in [7, 11) is 3.22. The van der Waals surface area contributed by atoms with Crippen molar-refractivity contribution >= 4 is 22.1 Å². The molecule has 0 aromatic heterocycles. The molecule has 0 N–H and O–H groups in total. The summed E-state index contributed by atoms with van der Waals surface area (Å²) in [6.45, 7) is 0.419. The van der Waals surface area contributed by atoms with Crippen LogP contribution in [0.2, 0.25) is 0 Å². The molecule has 0 spiro atoms. The molecule has 2 aromatic carbocycles. The number of hydrogen-bond acceptors (Lipinski definition) is 4. The number of rotatable bonds is 6. The Morgan fingerprint density at radius 1 is 1.05 bits per heavy atom. The number of oxime groups is 1. The van der Waals surface area contributed by atoms with Crippen molar-refractivity contribution < 1.29 is 14.3 Å². The lowest BCUT2D eigenvalue weighted by Crippen LogP contribution is -1.93. The van der Waals surface area contributed by atoms with Crippen molar-refractivity contribution in [3.63, 3.8) is 0 Å². The van der Waals surface area contributed by atoms with Gasteiger partial charge in [-0.2, -0.15) is 0 Å². The van der Waals surface area contributed by atoms with E-state index in [1.165, 1.54) is 0 Å². The fraction of sp³-hybridized carbons (Fsp3) is 0.188. The van der Waals surface area contributed by atoms with Crippen molar-refractivity contribution in [1.82, 2.24) is 0 Å². The molecule has 21 heavy (non-hydrogen) atoms. The van der Waals surface area contributed by atoms with Gasteiger partial charge in [-0.05, 0) is 29.8 Å². The van der Waals surface area contributed by atoms with Gasteiger partial charge in [-0.25, -0.2) is 0 Å². The number of halogens is 1. The monoisotopic (exact) mass is 349 g/mol. The maximum absolute atomic E-state index is 5.29. The summed E-state index contributed by atoms with van der Waals surface area (Å²) >= 11 is 3.39. The van der Waals surface area contributed by atoms with E-state index in [2.05, 4.69) is 21.1 Å². The molecule has 0 aliphatic carbocycles. The van der Waals surface area contributed by atoms with E-state index in [-0.39, 0.29) is 0 Å². The first-order valence-electron chi connectivity index (χ1n) is 6.34. The van der Waals surface area contributed by atoms with Crippen molar-refractivity contribution in [3.05, 3.63) is 58.1 Å². The first kappa shape index (κ1) is 15.4. The van der Waals surface area contributed by atoms with Crippen LogP contribution < -0.4 is 9.47 Å². The summed E-state index contributed by atoms with van der Waals surface area (Å²) in [5, 5.41) is 3.97. The predicted molar refractivity (Wildman–Crippen MR) is 86.1 cm³/mol. The zero-order valence-electron chi connectivity index (χ0n) is 11.9. The van der Waals surface area contributed by atoms with E-state index in [0.717, 1.165) is 21.3 Å². The van der Waals surface area contributed by atoms with E-state index >= 15 is 0 Å². The van der Waals surface area contributed by atoms with Crippen LogP contribution in [0, 0.1) is 0 Å². The van der Waals surface area contributed by atoms with Crippen LogP contribution in [0.4, 0.5) is 0 Å². The maximum Gasteiger partial charge on any atom is 0.142 e. The Labute approximate surface area is 132 Å². The van der Waals surface area contributed by atoms with E-state index in [1.54, 1.807) is 26.5 Å². The highest BCUT2D eigenvalue weighted by atomic mass is 79.9. The van der Waals surface area contributed by atoms with Gasteiger partial charge in [0.2, 0.25) is 0 Å². The van der Waals surface area contributed by atoms with E-state index in [4.69, 9.17) is 14.3 Å². The second kappa shape index (κ2) is 7.69. The molecular formula is C16H16BrNO3. The molecule has 0 amide bonds. The Bertz CT molecular complexity index is 611. The van der Waals surface area contributed by atoms with Crippen LogP contribution in [0.25, 0.3) is 0 Å². The van der Waals surface area contributed by atoms with Crippen molar-refractivity contribution in [2.75, 3.05) is 14.2 Å². The van der Waals surface area contributed by atoms with Gasteiger partial charge >= 0.3 is 0 Å².